The van der Waals surface area contributed by atoms with Crippen LogP contribution in [0.5, 0.6) is 0 Å². The summed E-state index contributed by atoms with van der Waals surface area (Å²) in [6.45, 7) is 1.36. The third kappa shape index (κ3) is 3.85. The van der Waals surface area contributed by atoms with Crippen LogP contribution in [0.4, 0.5) is 0 Å². The summed E-state index contributed by atoms with van der Waals surface area (Å²) in [5.74, 6) is -1.79. The molecule has 4 unspecified atom stereocenters. The molecule has 1 heterocycles. The summed E-state index contributed by atoms with van der Waals surface area (Å²) in [5, 5.41) is 28.8. The first-order chi connectivity index (χ1) is 8.73. The molecule has 6 atom stereocenters. The fourth-order valence-electron chi connectivity index (χ4n) is 1.66. The number of primary amides is 2. The van der Waals surface area contributed by atoms with Gasteiger partial charge in [-0.1, -0.05) is 0 Å². The second-order valence-corrected chi connectivity index (χ2v) is 4.35. The Bertz CT molecular complexity index is 351. The maximum Gasteiger partial charge on any atom is 0.249 e. The van der Waals surface area contributed by atoms with E-state index in [1.165, 1.54) is 6.92 Å². The van der Waals surface area contributed by atoms with E-state index in [-0.39, 0.29) is 6.42 Å². The van der Waals surface area contributed by atoms with Crippen LogP contribution in [-0.2, 0) is 19.1 Å². The quantitative estimate of drug-likeness (QED) is 0.356. The molecular formula is C10H18N2O7. The number of amides is 2. The molecule has 0 aliphatic carbocycles. The lowest BCUT2D eigenvalue weighted by atomic mass is 10.0. The Morgan fingerprint density at radius 1 is 1.26 bits per heavy atom. The van der Waals surface area contributed by atoms with Gasteiger partial charge in [0.05, 0.1) is 6.10 Å². The van der Waals surface area contributed by atoms with Gasteiger partial charge in [0.1, 0.15) is 18.3 Å². The van der Waals surface area contributed by atoms with Gasteiger partial charge in [0.2, 0.25) is 11.8 Å². The Morgan fingerprint density at radius 2 is 1.84 bits per heavy atom. The van der Waals surface area contributed by atoms with Crippen molar-refractivity contribution in [1.29, 1.82) is 0 Å². The molecule has 2 amide bonds. The number of aliphatic hydroxyl groups is 3. The molecule has 9 heteroatoms. The summed E-state index contributed by atoms with van der Waals surface area (Å²) in [5.41, 5.74) is 10.0. The fourth-order valence-corrected chi connectivity index (χ4v) is 1.66. The molecule has 110 valence electrons. The molecule has 1 saturated heterocycles. The zero-order valence-corrected chi connectivity index (χ0v) is 10.3. The molecule has 0 aromatic carbocycles. The SMILES string of the molecule is CC(O[C@@H]1CC(O)C(O)[C@H](O)C(C(N)=O)O1)C(N)=O. The summed E-state index contributed by atoms with van der Waals surface area (Å²) in [6.07, 6.45) is -8.75. The highest BCUT2D eigenvalue weighted by Gasteiger charge is 2.42. The third-order valence-corrected chi connectivity index (χ3v) is 2.82. The van der Waals surface area contributed by atoms with Gasteiger partial charge in [-0.25, -0.2) is 0 Å². The van der Waals surface area contributed by atoms with E-state index < -0.39 is 48.6 Å². The molecule has 1 fully saturated rings. The molecule has 1 rings (SSSR count). The van der Waals surface area contributed by atoms with E-state index in [9.17, 15) is 24.9 Å². The van der Waals surface area contributed by atoms with Crippen LogP contribution in [0.25, 0.3) is 0 Å². The van der Waals surface area contributed by atoms with E-state index in [1.54, 1.807) is 0 Å². The highest BCUT2D eigenvalue weighted by Crippen LogP contribution is 2.22. The van der Waals surface area contributed by atoms with Crippen LogP contribution >= 0.6 is 0 Å². The molecular weight excluding hydrogens is 260 g/mol. The number of carbonyl (C=O) groups is 2. The fraction of sp³-hybridized carbons (Fsp3) is 0.800. The standard InChI is InChI=1S/C10H18N2O7/c1-3(9(11)16)18-5-2-4(13)6(14)7(15)8(19-5)10(12)17/h3-8,13-15H,2H2,1H3,(H2,11,16)(H2,12,17)/t3?,4?,5-,6?,7-,8?/m0/s1. The zero-order valence-electron chi connectivity index (χ0n) is 10.3. The summed E-state index contributed by atoms with van der Waals surface area (Å²) in [4.78, 5) is 22.0. The van der Waals surface area contributed by atoms with E-state index in [0.29, 0.717) is 0 Å². The van der Waals surface area contributed by atoms with Crippen molar-refractivity contribution < 1.29 is 34.4 Å². The Hall–Kier alpha value is -1.26. The van der Waals surface area contributed by atoms with Crippen molar-refractivity contribution in [1.82, 2.24) is 0 Å². The predicted molar refractivity (Wildman–Crippen MR) is 60.2 cm³/mol. The Morgan fingerprint density at radius 3 is 2.32 bits per heavy atom. The predicted octanol–water partition coefficient (Wildman–Crippen LogP) is -3.44. The van der Waals surface area contributed by atoms with E-state index in [2.05, 4.69) is 0 Å². The Kier molecular flexibility index (Phi) is 5.20. The van der Waals surface area contributed by atoms with Crippen LogP contribution in [0.2, 0.25) is 0 Å². The first-order valence-electron chi connectivity index (χ1n) is 5.67. The van der Waals surface area contributed by atoms with Crippen molar-refractivity contribution in [2.24, 2.45) is 11.5 Å². The molecule has 0 bridgehead atoms. The highest BCUT2D eigenvalue weighted by atomic mass is 16.7. The summed E-state index contributed by atoms with van der Waals surface area (Å²) in [6, 6.07) is 0. The van der Waals surface area contributed by atoms with Crippen molar-refractivity contribution in [2.45, 2.75) is 50.2 Å². The largest absolute Gasteiger partial charge is 0.390 e. The number of rotatable bonds is 4. The smallest absolute Gasteiger partial charge is 0.249 e. The molecule has 0 saturated carbocycles. The van der Waals surface area contributed by atoms with Gasteiger partial charge >= 0.3 is 0 Å². The van der Waals surface area contributed by atoms with E-state index in [0.717, 1.165) is 0 Å². The zero-order chi connectivity index (χ0) is 14.7. The number of ether oxygens (including phenoxy) is 2. The molecule has 9 nitrogen and oxygen atoms in total. The minimum atomic E-state index is -1.69. The van der Waals surface area contributed by atoms with Crippen LogP contribution < -0.4 is 11.5 Å². The van der Waals surface area contributed by atoms with Crippen LogP contribution in [0.3, 0.4) is 0 Å². The van der Waals surface area contributed by atoms with Crippen molar-refractivity contribution in [2.75, 3.05) is 0 Å². The minimum Gasteiger partial charge on any atom is -0.390 e. The maximum atomic E-state index is 11.1. The first-order valence-corrected chi connectivity index (χ1v) is 5.67. The van der Waals surface area contributed by atoms with Gasteiger partial charge in [0, 0.05) is 6.42 Å². The number of aliphatic hydroxyl groups excluding tert-OH is 3. The monoisotopic (exact) mass is 278 g/mol. The lowest BCUT2D eigenvalue weighted by Crippen LogP contribution is -2.48. The van der Waals surface area contributed by atoms with Gasteiger partial charge in [0.25, 0.3) is 0 Å². The van der Waals surface area contributed by atoms with E-state index in [4.69, 9.17) is 20.9 Å². The van der Waals surface area contributed by atoms with Crippen LogP contribution in [0.15, 0.2) is 0 Å². The molecule has 0 aromatic rings. The van der Waals surface area contributed by atoms with Gasteiger partial charge in [-0.3, -0.25) is 9.59 Å². The van der Waals surface area contributed by atoms with Crippen LogP contribution in [0.1, 0.15) is 13.3 Å². The molecule has 0 spiro atoms. The average Bonchev–Trinajstić information content (AvgIpc) is 2.41. The topological polar surface area (TPSA) is 165 Å². The molecule has 1 aliphatic rings. The molecule has 0 aromatic heterocycles. The van der Waals surface area contributed by atoms with Gasteiger partial charge in [-0.15, -0.1) is 0 Å². The van der Waals surface area contributed by atoms with Crippen molar-refractivity contribution in [3.8, 4) is 0 Å². The highest BCUT2D eigenvalue weighted by molar-refractivity contribution is 5.79. The van der Waals surface area contributed by atoms with Crippen LogP contribution in [-0.4, -0.2) is 63.9 Å². The van der Waals surface area contributed by atoms with Crippen molar-refractivity contribution >= 4 is 11.8 Å². The van der Waals surface area contributed by atoms with E-state index >= 15 is 0 Å². The Balaban J connectivity index is 2.83. The lowest BCUT2D eigenvalue weighted by Gasteiger charge is -2.24. The molecule has 1 aliphatic heterocycles. The number of hydrogen-bond acceptors (Lipinski definition) is 7. The second kappa shape index (κ2) is 6.26. The molecule has 0 radical (unpaired) electrons. The Labute approximate surface area is 109 Å². The summed E-state index contributed by atoms with van der Waals surface area (Å²) >= 11 is 0. The number of hydrogen-bond donors (Lipinski definition) is 5. The molecule has 7 N–H and O–H groups in total. The van der Waals surface area contributed by atoms with Gasteiger partial charge in [-0.05, 0) is 6.92 Å². The van der Waals surface area contributed by atoms with Gasteiger partial charge in [0.15, 0.2) is 12.4 Å². The summed E-state index contributed by atoms with van der Waals surface area (Å²) < 4.78 is 10.2. The van der Waals surface area contributed by atoms with Crippen LogP contribution in [0, 0.1) is 0 Å². The maximum absolute atomic E-state index is 11.1. The summed E-state index contributed by atoms with van der Waals surface area (Å²) in [7, 11) is 0. The normalized spacial score (nSPS) is 37.4. The first kappa shape index (κ1) is 15.8. The van der Waals surface area contributed by atoms with Crippen molar-refractivity contribution in [3.05, 3.63) is 0 Å². The third-order valence-electron chi connectivity index (χ3n) is 2.82. The van der Waals surface area contributed by atoms with Gasteiger partial charge < -0.3 is 36.3 Å². The average molecular weight is 278 g/mol. The lowest BCUT2D eigenvalue weighted by molar-refractivity contribution is -0.206. The minimum absolute atomic E-state index is 0.250. The van der Waals surface area contributed by atoms with E-state index in [1.807, 2.05) is 0 Å². The second-order valence-electron chi connectivity index (χ2n) is 4.35. The van der Waals surface area contributed by atoms with Crippen molar-refractivity contribution in [3.63, 3.8) is 0 Å². The molecule has 19 heavy (non-hydrogen) atoms. The number of nitrogens with two attached hydrogens (primary N) is 2. The van der Waals surface area contributed by atoms with Gasteiger partial charge in [-0.2, -0.15) is 0 Å². The number of carbonyl (C=O) groups excluding carboxylic acids is 2.